The number of ketones is 1. The molecule has 0 spiro atoms. The Morgan fingerprint density at radius 3 is 2.41 bits per heavy atom. The van der Waals surface area contributed by atoms with E-state index in [1.54, 1.807) is 12.1 Å². The van der Waals surface area contributed by atoms with Crippen molar-refractivity contribution in [3.63, 3.8) is 0 Å². The lowest BCUT2D eigenvalue weighted by Crippen LogP contribution is -2.57. The molecule has 6 bridgehead atoms. The zero-order valence-electron chi connectivity index (χ0n) is 35.2. The molecule has 0 radical (unpaired) electrons. The van der Waals surface area contributed by atoms with E-state index in [4.69, 9.17) is 16.3 Å². The van der Waals surface area contributed by atoms with Gasteiger partial charge < -0.3 is 20.1 Å². The number of aliphatic hydroxyl groups excluding tert-OH is 2. The number of allylic oxidation sites excluding steroid dienone is 2. The van der Waals surface area contributed by atoms with Gasteiger partial charge in [-0.15, -0.1) is 0 Å². The normalized spacial score (nSPS) is 32.2. The molecule has 3 aromatic rings. The molecule has 7 aliphatic carbocycles. The van der Waals surface area contributed by atoms with Gasteiger partial charge in [0, 0.05) is 47.6 Å². The molecule has 318 valence electrons. The van der Waals surface area contributed by atoms with Crippen LogP contribution < -0.4 is 0 Å². The molecule has 59 heavy (non-hydrogen) atoms. The Morgan fingerprint density at radius 2 is 1.69 bits per heavy atom. The first-order chi connectivity index (χ1) is 28.3. The van der Waals surface area contributed by atoms with Crippen LogP contribution in [-0.4, -0.2) is 70.1 Å². The fraction of sp³-hybridized carbons (Fsp3) is 0.588. The first kappa shape index (κ1) is 42.8. The zero-order chi connectivity index (χ0) is 41.4. The van der Waals surface area contributed by atoms with Crippen LogP contribution in [0.25, 0.3) is 0 Å². The van der Waals surface area contributed by atoms with Crippen molar-refractivity contribution in [3.8, 4) is 0 Å². The van der Waals surface area contributed by atoms with Crippen molar-refractivity contribution in [3.05, 3.63) is 117 Å². The molecule has 10 rings (SSSR count). The second kappa shape index (κ2) is 17.8. The molecule has 3 aromatic carbocycles. The van der Waals surface area contributed by atoms with E-state index in [9.17, 15) is 20.1 Å². The molecule has 7 aliphatic rings. The van der Waals surface area contributed by atoms with Crippen LogP contribution in [0.5, 0.6) is 0 Å². The van der Waals surface area contributed by atoms with E-state index in [0.717, 1.165) is 53.8 Å². The third-order valence-electron chi connectivity index (χ3n) is 15.5. The SMILES string of the molecule is CC1=CCC[C@@]2(C)[C@@H](CC[C@@]2(O)CN(C[C@@H](O)COCc2ccccc2)CC23CC4CC(CC(C4)C2)C3)c2ccc(cc2C(=O)Cc2c(F)cccc2Cl)C[C@@H](O)CC1. The summed E-state index contributed by atoms with van der Waals surface area (Å²) < 4.78 is 21.2. The monoisotopic (exact) mass is 825 g/mol. The highest BCUT2D eigenvalue weighted by Crippen LogP contribution is 2.62. The largest absolute Gasteiger partial charge is 0.393 e. The predicted octanol–water partition coefficient (Wildman–Crippen LogP) is 10.0. The average molecular weight is 827 g/mol. The van der Waals surface area contributed by atoms with Crippen LogP contribution in [0.1, 0.15) is 129 Å². The highest BCUT2D eigenvalue weighted by Gasteiger charge is 2.58. The van der Waals surface area contributed by atoms with Crippen molar-refractivity contribution in [1.29, 1.82) is 0 Å². The van der Waals surface area contributed by atoms with Crippen molar-refractivity contribution < 1.29 is 29.2 Å². The minimum Gasteiger partial charge on any atom is -0.393 e. The van der Waals surface area contributed by atoms with Gasteiger partial charge in [0.15, 0.2) is 5.78 Å². The van der Waals surface area contributed by atoms with Gasteiger partial charge in [-0.25, -0.2) is 4.39 Å². The number of hydrogen-bond donors (Lipinski definition) is 3. The molecule has 5 fully saturated rings. The summed E-state index contributed by atoms with van der Waals surface area (Å²) >= 11 is 6.46. The van der Waals surface area contributed by atoms with E-state index in [-0.39, 0.29) is 40.7 Å². The van der Waals surface area contributed by atoms with Crippen molar-refractivity contribution in [2.45, 2.75) is 134 Å². The maximum absolute atomic E-state index is 15.1. The van der Waals surface area contributed by atoms with Gasteiger partial charge >= 0.3 is 0 Å². The number of benzene rings is 3. The van der Waals surface area contributed by atoms with E-state index in [1.807, 2.05) is 48.5 Å². The van der Waals surface area contributed by atoms with Crippen LogP contribution in [0.3, 0.4) is 0 Å². The van der Waals surface area contributed by atoms with Crippen LogP contribution in [0, 0.1) is 34.4 Å². The number of aliphatic hydroxyl groups is 3. The van der Waals surface area contributed by atoms with Gasteiger partial charge in [0.2, 0.25) is 0 Å². The molecule has 3 N–H and O–H groups in total. The van der Waals surface area contributed by atoms with E-state index < -0.39 is 29.0 Å². The Hall–Kier alpha value is -2.91. The summed E-state index contributed by atoms with van der Waals surface area (Å²) in [7, 11) is 0. The quantitative estimate of drug-likeness (QED) is 0.118. The maximum atomic E-state index is 15.1. The average Bonchev–Trinajstić information content (AvgIpc) is 3.43. The highest BCUT2D eigenvalue weighted by atomic mass is 35.5. The van der Waals surface area contributed by atoms with Gasteiger partial charge in [0.05, 0.1) is 31.0 Å². The lowest BCUT2D eigenvalue weighted by atomic mass is 9.49. The molecule has 0 aromatic heterocycles. The lowest BCUT2D eigenvalue weighted by molar-refractivity contribution is -0.115. The molecule has 0 amide bonds. The van der Waals surface area contributed by atoms with Crippen molar-refractivity contribution in [1.82, 2.24) is 4.90 Å². The second-order valence-corrected chi connectivity index (χ2v) is 20.4. The number of carbonyl (C=O) groups excluding carboxylic acids is 1. The Balaban J connectivity index is 1.12. The van der Waals surface area contributed by atoms with Gasteiger partial charge in [-0.05, 0) is 154 Å². The summed E-state index contributed by atoms with van der Waals surface area (Å²) in [5.74, 6) is 1.48. The number of carbonyl (C=O) groups is 1. The minimum absolute atomic E-state index is 0.154. The Kier molecular flexibility index (Phi) is 12.9. The summed E-state index contributed by atoms with van der Waals surface area (Å²) in [5, 5.41) is 36.3. The Morgan fingerprint density at radius 1 is 0.966 bits per heavy atom. The lowest BCUT2D eigenvalue weighted by Gasteiger charge is -2.58. The minimum atomic E-state index is -1.12. The molecule has 0 unspecified atom stereocenters. The van der Waals surface area contributed by atoms with Gasteiger partial charge in [0.25, 0.3) is 0 Å². The van der Waals surface area contributed by atoms with Gasteiger partial charge in [0.1, 0.15) is 5.82 Å². The van der Waals surface area contributed by atoms with Crippen LogP contribution in [0.4, 0.5) is 4.39 Å². The molecule has 5 saturated carbocycles. The Bertz CT molecular complexity index is 1930. The van der Waals surface area contributed by atoms with Gasteiger partial charge in [-0.3, -0.25) is 9.69 Å². The summed E-state index contributed by atoms with van der Waals surface area (Å²) in [4.78, 5) is 16.9. The molecule has 8 heteroatoms. The smallest absolute Gasteiger partial charge is 0.167 e. The topological polar surface area (TPSA) is 90.2 Å². The standard InChI is InChI=1S/C51H65ClFNO5/c1-34-8-7-18-49(2)45(42-16-14-36(23-40(55)15-13-34)24-43(42)48(57)25-44-46(52)11-6-12-47(44)53)17-19-51(49,58)33-54(29-41(56)31-59-30-35-9-4-3-5-10-35)32-50-26-37-20-38(27-50)22-39(21-37)28-50/h3-6,8-12,14,16,24,37-41,45,55-56,58H,7,13,15,17-23,25-33H2,1-2H3/t37?,38?,39?,40-,41+,45-,49-,50?,51+/m0/s1. The number of rotatable bonds is 13. The molecule has 0 saturated heterocycles. The summed E-state index contributed by atoms with van der Waals surface area (Å²) in [6.45, 7) is 6.71. The summed E-state index contributed by atoms with van der Waals surface area (Å²) in [6, 6.07) is 20.5. The zero-order valence-corrected chi connectivity index (χ0v) is 35.9. The van der Waals surface area contributed by atoms with Gasteiger partial charge in [-0.2, -0.15) is 0 Å². The molecular formula is C51H65ClFNO5. The first-order valence-electron chi connectivity index (χ1n) is 22.5. The van der Waals surface area contributed by atoms with Crippen molar-refractivity contribution >= 4 is 17.4 Å². The summed E-state index contributed by atoms with van der Waals surface area (Å²) in [5.41, 5.74) is 3.20. The fourth-order valence-electron chi connectivity index (χ4n) is 12.9. The van der Waals surface area contributed by atoms with Crippen LogP contribution in [0.15, 0.2) is 78.4 Å². The number of hydrogen-bond acceptors (Lipinski definition) is 6. The molecule has 0 heterocycles. The summed E-state index contributed by atoms with van der Waals surface area (Å²) in [6.07, 6.45) is 13.1. The number of Topliss-reactive ketones (excluding diaryl/α,β-unsaturated/α-hetero) is 1. The molecular weight excluding hydrogens is 761 g/mol. The van der Waals surface area contributed by atoms with Crippen LogP contribution in [0.2, 0.25) is 5.02 Å². The number of nitrogens with zero attached hydrogens (tertiary/aromatic N) is 1. The molecule has 6 nitrogen and oxygen atoms in total. The second-order valence-electron chi connectivity index (χ2n) is 20.0. The van der Waals surface area contributed by atoms with E-state index >= 15 is 4.39 Å². The van der Waals surface area contributed by atoms with E-state index in [0.29, 0.717) is 57.4 Å². The first-order valence-corrected chi connectivity index (χ1v) is 22.9. The van der Waals surface area contributed by atoms with Crippen molar-refractivity contribution in [2.75, 3.05) is 26.2 Å². The Labute approximate surface area is 356 Å². The van der Waals surface area contributed by atoms with Gasteiger partial charge in [-0.1, -0.05) is 78.7 Å². The number of ether oxygens (including phenoxy) is 1. The molecule has 0 aliphatic heterocycles. The highest BCUT2D eigenvalue weighted by molar-refractivity contribution is 6.31. The number of halogens is 2. The number of fused-ring (bicyclic) bond motifs is 8. The fourth-order valence-corrected chi connectivity index (χ4v) is 13.2. The van der Waals surface area contributed by atoms with E-state index in [2.05, 4.69) is 24.8 Å². The van der Waals surface area contributed by atoms with E-state index in [1.165, 1.54) is 50.2 Å². The van der Waals surface area contributed by atoms with Crippen LogP contribution >= 0.6 is 11.6 Å². The van der Waals surface area contributed by atoms with Crippen molar-refractivity contribution in [2.24, 2.45) is 28.6 Å². The maximum Gasteiger partial charge on any atom is 0.167 e. The van der Waals surface area contributed by atoms with Crippen LogP contribution in [-0.2, 0) is 24.2 Å². The third-order valence-corrected chi connectivity index (χ3v) is 15.8. The predicted molar refractivity (Wildman–Crippen MR) is 232 cm³/mol. The third kappa shape index (κ3) is 9.46. The molecule has 5 atom stereocenters.